The van der Waals surface area contributed by atoms with Crippen LogP contribution in [0.25, 0.3) is 0 Å². The zero-order chi connectivity index (χ0) is 18.4. The van der Waals surface area contributed by atoms with E-state index in [0.29, 0.717) is 16.0 Å². The van der Waals surface area contributed by atoms with E-state index in [4.69, 9.17) is 4.74 Å². The molecule has 0 aliphatic heterocycles. The fourth-order valence-corrected chi connectivity index (χ4v) is 2.85. The molecule has 25 heavy (non-hydrogen) atoms. The number of hydrogen-bond donors (Lipinski definition) is 1. The number of esters is 1. The van der Waals surface area contributed by atoms with E-state index in [2.05, 4.69) is 35.1 Å². The fraction of sp³-hybridized carbons (Fsp3) is 0.300. The van der Waals surface area contributed by atoms with Crippen molar-refractivity contribution in [2.45, 2.75) is 39.2 Å². The summed E-state index contributed by atoms with van der Waals surface area (Å²) in [5, 5.41) is 2.87. The number of amides is 1. The van der Waals surface area contributed by atoms with Crippen LogP contribution in [0.2, 0.25) is 0 Å². The minimum absolute atomic E-state index is 0.328. The standard InChI is InChI=1S/C20H22BrNO3/c1-4-13(2)15-9-6-8-12-18(15)22-19(23)14(3)25-20(24)16-10-5-7-11-17(16)21/h5-14H,4H2,1-3H3,(H,22,23)/t13-,14+/m1/s1. The molecule has 0 radical (unpaired) electrons. The Kier molecular flexibility index (Phi) is 6.76. The lowest BCUT2D eigenvalue weighted by Gasteiger charge is -2.18. The van der Waals surface area contributed by atoms with Gasteiger partial charge in [0, 0.05) is 10.2 Å². The first-order chi connectivity index (χ1) is 11.9. The minimum Gasteiger partial charge on any atom is -0.449 e. The Labute approximate surface area is 156 Å². The SMILES string of the molecule is CC[C@@H](C)c1ccccc1NC(=O)[C@H](C)OC(=O)c1ccccc1Br. The molecular formula is C20H22BrNO3. The molecule has 0 saturated carbocycles. The molecule has 0 aromatic heterocycles. The van der Waals surface area contributed by atoms with Crippen molar-refractivity contribution in [2.75, 3.05) is 5.32 Å². The zero-order valence-electron chi connectivity index (χ0n) is 14.6. The van der Waals surface area contributed by atoms with Crippen LogP contribution in [-0.2, 0) is 9.53 Å². The molecule has 4 nitrogen and oxygen atoms in total. The quantitative estimate of drug-likeness (QED) is 0.678. The number of benzene rings is 2. The van der Waals surface area contributed by atoms with Crippen LogP contribution >= 0.6 is 15.9 Å². The summed E-state index contributed by atoms with van der Waals surface area (Å²) in [5.41, 5.74) is 2.22. The first kappa shape index (κ1) is 19.2. The number of carbonyl (C=O) groups is 2. The lowest BCUT2D eigenvalue weighted by Crippen LogP contribution is -2.30. The van der Waals surface area contributed by atoms with E-state index in [1.807, 2.05) is 30.3 Å². The van der Waals surface area contributed by atoms with Crippen LogP contribution in [0.15, 0.2) is 53.0 Å². The summed E-state index contributed by atoms with van der Waals surface area (Å²) >= 11 is 3.31. The molecule has 1 amide bonds. The Morgan fingerprint density at radius 2 is 1.72 bits per heavy atom. The molecule has 0 aliphatic carbocycles. The molecule has 2 rings (SSSR count). The Hall–Kier alpha value is -2.14. The summed E-state index contributed by atoms with van der Waals surface area (Å²) in [4.78, 5) is 24.6. The van der Waals surface area contributed by atoms with E-state index < -0.39 is 12.1 Å². The van der Waals surface area contributed by atoms with Gasteiger partial charge in [0.25, 0.3) is 5.91 Å². The molecular weight excluding hydrogens is 382 g/mol. The van der Waals surface area contributed by atoms with Gasteiger partial charge in [0.1, 0.15) is 0 Å². The molecule has 1 N–H and O–H groups in total. The molecule has 2 atom stereocenters. The van der Waals surface area contributed by atoms with Crippen molar-refractivity contribution in [3.05, 3.63) is 64.1 Å². The highest BCUT2D eigenvalue weighted by molar-refractivity contribution is 9.10. The van der Waals surface area contributed by atoms with Crippen molar-refractivity contribution in [2.24, 2.45) is 0 Å². The number of rotatable bonds is 6. The lowest BCUT2D eigenvalue weighted by atomic mass is 9.97. The predicted molar refractivity (Wildman–Crippen MR) is 103 cm³/mol. The molecule has 0 heterocycles. The van der Waals surface area contributed by atoms with Gasteiger partial charge in [-0.2, -0.15) is 0 Å². The predicted octanol–water partition coefficient (Wildman–Crippen LogP) is 5.15. The highest BCUT2D eigenvalue weighted by atomic mass is 79.9. The highest BCUT2D eigenvalue weighted by Gasteiger charge is 2.21. The maximum atomic E-state index is 12.4. The summed E-state index contributed by atoms with van der Waals surface area (Å²) < 4.78 is 5.93. The molecule has 2 aromatic carbocycles. The summed E-state index contributed by atoms with van der Waals surface area (Å²) in [7, 11) is 0. The van der Waals surface area contributed by atoms with E-state index in [1.54, 1.807) is 25.1 Å². The highest BCUT2D eigenvalue weighted by Crippen LogP contribution is 2.26. The molecule has 2 aromatic rings. The average molecular weight is 404 g/mol. The van der Waals surface area contributed by atoms with Crippen LogP contribution < -0.4 is 5.32 Å². The molecule has 0 fully saturated rings. The molecule has 0 bridgehead atoms. The molecule has 5 heteroatoms. The Morgan fingerprint density at radius 3 is 2.40 bits per heavy atom. The Bertz CT molecular complexity index is 760. The fourth-order valence-electron chi connectivity index (χ4n) is 2.40. The van der Waals surface area contributed by atoms with Crippen LogP contribution in [0.5, 0.6) is 0 Å². The van der Waals surface area contributed by atoms with Gasteiger partial charge >= 0.3 is 5.97 Å². The van der Waals surface area contributed by atoms with Gasteiger partial charge in [-0.1, -0.05) is 44.2 Å². The summed E-state index contributed by atoms with van der Waals surface area (Å²) in [5.74, 6) is -0.559. The maximum absolute atomic E-state index is 12.4. The normalized spacial score (nSPS) is 13.0. The van der Waals surface area contributed by atoms with Gasteiger partial charge in [0.2, 0.25) is 0 Å². The van der Waals surface area contributed by atoms with Crippen LogP contribution in [0.1, 0.15) is 49.0 Å². The number of para-hydroxylation sites is 1. The van der Waals surface area contributed by atoms with Gasteiger partial charge in [-0.15, -0.1) is 0 Å². The molecule has 132 valence electrons. The van der Waals surface area contributed by atoms with Crippen molar-refractivity contribution >= 4 is 33.5 Å². The first-order valence-electron chi connectivity index (χ1n) is 8.29. The summed E-state index contributed by atoms with van der Waals surface area (Å²) in [6, 6.07) is 14.6. The summed E-state index contributed by atoms with van der Waals surface area (Å²) in [6.07, 6.45) is 0.0732. The first-order valence-corrected chi connectivity index (χ1v) is 9.08. The van der Waals surface area contributed by atoms with Gasteiger partial charge in [-0.3, -0.25) is 4.79 Å². The van der Waals surface area contributed by atoms with Crippen LogP contribution in [0, 0.1) is 0 Å². The second kappa shape index (κ2) is 8.81. The van der Waals surface area contributed by atoms with Crippen LogP contribution in [0.3, 0.4) is 0 Å². The molecule has 0 unspecified atom stereocenters. The largest absolute Gasteiger partial charge is 0.449 e. The van der Waals surface area contributed by atoms with Crippen molar-refractivity contribution < 1.29 is 14.3 Å². The van der Waals surface area contributed by atoms with E-state index in [-0.39, 0.29) is 5.91 Å². The third kappa shape index (κ3) is 4.92. The third-order valence-electron chi connectivity index (χ3n) is 4.11. The van der Waals surface area contributed by atoms with E-state index in [1.165, 1.54) is 0 Å². The Morgan fingerprint density at radius 1 is 1.08 bits per heavy atom. The van der Waals surface area contributed by atoms with Gasteiger partial charge in [-0.05, 0) is 59.0 Å². The maximum Gasteiger partial charge on any atom is 0.340 e. The molecule has 0 aliphatic rings. The summed E-state index contributed by atoms with van der Waals surface area (Å²) in [6.45, 7) is 5.78. The van der Waals surface area contributed by atoms with Crippen LogP contribution in [0.4, 0.5) is 5.69 Å². The van der Waals surface area contributed by atoms with Crippen molar-refractivity contribution in [3.63, 3.8) is 0 Å². The van der Waals surface area contributed by atoms with Crippen molar-refractivity contribution in [1.29, 1.82) is 0 Å². The van der Waals surface area contributed by atoms with Gasteiger partial charge in [0.15, 0.2) is 6.10 Å². The minimum atomic E-state index is -0.899. The number of nitrogens with one attached hydrogen (secondary N) is 1. The second-order valence-electron chi connectivity index (χ2n) is 5.91. The van der Waals surface area contributed by atoms with Gasteiger partial charge in [0.05, 0.1) is 5.56 Å². The number of halogens is 1. The second-order valence-corrected chi connectivity index (χ2v) is 6.77. The average Bonchev–Trinajstić information content (AvgIpc) is 2.61. The van der Waals surface area contributed by atoms with Crippen molar-refractivity contribution in [3.8, 4) is 0 Å². The smallest absolute Gasteiger partial charge is 0.340 e. The number of carbonyl (C=O) groups excluding carboxylic acids is 2. The third-order valence-corrected chi connectivity index (χ3v) is 4.80. The van der Waals surface area contributed by atoms with E-state index in [9.17, 15) is 9.59 Å². The van der Waals surface area contributed by atoms with Gasteiger partial charge in [-0.25, -0.2) is 4.79 Å². The zero-order valence-corrected chi connectivity index (χ0v) is 16.2. The molecule has 0 saturated heterocycles. The number of ether oxygens (including phenoxy) is 1. The number of anilines is 1. The van der Waals surface area contributed by atoms with Crippen LogP contribution in [-0.4, -0.2) is 18.0 Å². The van der Waals surface area contributed by atoms with Crippen molar-refractivity contribution in [1.82, 2.24) is 0 Å². The number of hydrogen-bond acceptors (Lipinski definition) is 3. The van der Waals surface area contributed by atoms with E-state index in [0.717, 1.165) is 17.7 Å². The topological polar surface area (TPSA) is 55.4 Å². The Balaban J connectivity index is 2.06. The van der Waals surface area contributed by atoms with Gasteiger partial charge < -0.3 is 10.1 Å². The molecule has 0 spiro atoms. The van der Waals surface area contributed by atoms with E-state index >= 15 is 0 Å². The lowest BCUT2D eigenvalue weighted by molar-refractivity contribution is -0.123. The monoisotopic (exact) mass is 403 g/mol.